The molecule has 2 heterocycles. The smallest absolute Gasteiger partial charge is 0.404 e. The Kier molecular flexibility index (Phi) is 5.89. The van der Waals surface area contributed by atoms with E-state index in [0.717, 1.165) is 0 Å². The van der Waals surface area contributed by atoms with Gasteiger partial charge >= 0.3 is 6.09 Å². The molecule has 0 aliphatic heterocycles. The summed E-state index contributed by atoms with van der Waals surface area (Å²) in [5, 5.41) is 5.13. The van der Waals surface area contributed by atoms with Crippen LogP contribution in [0.2, 0.25) is 0 Å². The van der Waals surface area contributed by atoms with Crippen molar-refractivity contribution in [3.63, 3.8) is 0 Å². The van der Waals surface area contributed by atoms with Crippen LogP contribution in [0.25, 0.3) is 22.3 Å². The van der Waals surface area contributed by atoms with E-state index in [1.165, 1.54) is 36.7 Å². The molecular weight excluding hydrogens is 458 g/mol. The van der Waals surface area contributed by atoms with Gasteiger partial charge in [-0.15, -0.1) is 0 Å². The maximum absolute atomic E-state index is 15.3. The number of carbonyl (C=O) groups is 1. The van der Waals surface area contributed by atoms with Crippen LogP contribution < -0.4 is 16.2 Å². The predicted molar refractivity (Wildman–Crippen MR) is 124 cm³/mol. The Morgan fingerprint density at radius 3 is 2.51 bits per heavy atom. The first-order valence-electron chi connectivity index (χ1n) is 11.1. The Bertz CT molecular complexity index is 1400. The number of nitrogen functional groups attached to an aromatic ring is 1. The van der Waals surface area contributed by atoms with Gasteiger partial charge in [-0.1, -0.05) is 6.07 Å². The molecule has 0 spiro atoms. The third kappa shape index (κ3) is 4.57. The summed E-state index contributed by atoms with van der Waals surface area (Å²) in [6, 6.07) is 9.84. The molecule has 1 fully saturated rings. The van der Waals surface area contributed by atoms with Gasteiger partial charge in [-0.25, -0.2) is 28.2 Å². The van der Waals surface area contributed by atoms with Crippen LogP contribution in [0.3, 0.4) is 0 Å². The molecule has 5 rings (SSSR count). The van der Waals surface area contributed by atoms with Gasteiger partial charge in [-0.2, -0.15) is 5.10 Å². The third-order valence-corrected chi connectivity index (χ3v) is 6.02. The molecule has 11 heteroatoms. The first kappa shape index (κ1) is 22.5. The third-order valence-electron chi connectivity index (χ3n) is 6.02. The molecule has 1 amide bonds. The molecule has 0 unspecified atom stereocenters. The lowest BCUT2D eigenvalue weighted by atomic mass is 9.93. The molecule has 0 atom stereocenters. The topological polar surface area (TPSA) is 131 Å². The number of primary amides is 1. The summed E-state index contributed by atoms with van der Waals surface area (Å²) in [6.45, 7) is 0. The van der Waals surface area contributed by atoms with Gasteiger partial charge in [0, 0.05) is 17.7 Å². The summed E-state index contributed by atoms with van der Waals surface area (Å²) in [5.74, 6) is -0.408. The van der Waals surface area contributed by atoms with E-state index in [1.54, 1.807) is 16.8 Å². The lowest BCUT2D eigenvalue weighted by molar-refractivity contribution is 0.0714. The van der Waals surface area contributed by atoms with Crippen molar-refractivity contribution in [3.05, 3.63) is 60.4 Å². The van der Waals surface area contributed by atoms with Crippen molar-refractivity contribution in [2.75, 3.05) is 5.73 Å². The second-order valence-electron chi connectivity index (χ2n) is 8.32. The Morgan fingerprint density at radius 1 is 1.03 bits per heavy atom. The van der Waals surface area contributed by atoms with Crippen LogP contribution in [0.4, 0.5) is 19.4 Å². The highest BCUT2D eigenvalue weighted by Gasteiger charge is 2.29. The minimum atomic E-state index is -0.791. The van der Waals surface area contributed by atoms with E-state index in [2.05, 4.69) is 15.1 Å². The molecule has 4 N–H and O–H groups in total. The molecule has 35 heavy (non-hydrogen) atoms. The zero-order chi connectivity index (χ0) is 24.5. The molecule has 1 saturated carbocycles. The summed E-state index contributed by atoms with van der Waals surface area (Å²) < 4.78 is 41.1. The minimum Gasteiger partial charge on any atom is -0.457 e. The van der Waals surface area contributed by atoms with Crippen LogP contribution >= 0.6 is 0 Å². The molecule has 0 bridgehead atoms. The normalized spacial score (nSPS) is 17.9. The van der Waals surface area contributed by atoms with Crippen LogP contribution in [0.1, 0.15) is 31.7 Å². The zero-order valence-corrected chi connectivity index (χ0v) is 18.5. The highest BCUT2D eigenvalue weighted by molar-refractivity contribution is 5.98. The Hall–Kier alpha value is -4.28. The predicted octanol–water partition coefficient (Wildman–Crippen LogP) is 4.73. The fourth-order valence-electron chi connectivity index (χ4n) is 4.43. The lowest BCUT2D eigenvalue weighted by Gasteiger charge is -2.28. The number of nitrogens with zero attached hydrogens (tertiary/aromatic N) is 4. The molecule has 9 nitrogen and oxygen atoms in total. The van der Waals surface area contributed by atoms with Crippen molar-refractivity contribution in [3.8, 4) is 22.8 Å². The van der Waals surface area contributed by atoms with E-state index in [1.807, 2.05) is 0 Å². The van der Waals surface area contributed by atoms with Crippen LogP contribution in [0, 0.1) is 11.6 Å². The highest BCUT2D eigenvalue weighted by Crippen LogP contribution is 2.38. The van der Waals surface area contributed by atoms with E-state index in [4.69, 9.17) is 20.9 Å². The van der Waals surface area contributed by atoms with Gasteiger partial charge in [0.25, 0.3) is 0 Å². The number of carbonyl (C=O) groups excluding carboxylic acids is 1. The average molecular weight is 480 g/mol. The second-order valence-corrected chi connectivity index (χ2v) is 8.32. The van der Waals surface area contributed by atoms with Gasteiger partial charge in [0.1, 0.15) is 47.1 Å². The summed E-state index contributed by atoms with van der Waals surface area (Å²) in [7, 11) is 0. The fraction of sp³-hybridized carbons (Fsp3) is 0.250. The van der Waals surface area contributed by atoms with Crippen molar-refractivity contribution >= 4 is 22.9 Å². The van der Waals surface area contributed by atoms with Crippen LogP contribution in [-0.2, 0) is 4.74 Å². The maximum atomic E-state index is 15.3. The number of anilines is 1. The number of rotatable bonds is 5. The maximum Gasteiger partial charge on any atom is 0.404 e. The van der Waals surface area contributed by atoms with E-state index >= 15 is 4.39 Å². The number of benzene rings is 2. The number of ether oxygens (including phenoxy) is 2. The fourth-order valence-corrected chi connectivity index (χ4v) is 4.43. The average Bonchev–Trinajstić information content (AvgIpc) is 3.20. The number of hydrogen-bond acceptors (Lipinski definition) is 7. The molecule has 1 aliphatic rings. The standard InChI is InChI=1S/C24H22F2N6O3/c25-13-2-1-3-16(10-13)34-17-8-9-18(19(26)11-17)21-20-22(27)29-12-30-23(20)32(31-21)14-4-6-15(7-5-14)35-24(28)33/h1-3,8-12,14-15H,4-7H2,(H2,28,33)(H2,27,29,30)/t14-,15-. The van der Waals surface area contributed by atoms with Crippen molar-refractivity contribution in [2.24, 2.45) is 5.73 Å². The Labute approximate surface area is 198 Å². The van der Waals surface area contributed by atoms with E-state index in [-0.39, 0.29) is 35.0 Å². The van der Waals surface area contributed by atoms with Gasteiger partial charge in [0.05, 0.1) is 11.4 Å². The molecule has 4 aromatic rings. The Morgan fingerprint density at radius 2 is 1.80 bits per heavy atom. The summed E-state index contributed by atoms with van der Waals surface area (Å²) >= 11 is 0. The summed E-state index contributed by atoms with van der Waals surface area (Å²) in [5.41, 5.74) is 12.3. The van der Waals surface area contributed by atoms with Crippen molar-refractivity contribution in [1.29, 1.82) is 0 Å². The molecular formula is C24H22F2N6O3. The Balaban J connectivity index is 1.47. The molecule has 0 radical (unpaired) electrons. The summed E-state index contributed by atoms with van der Waals surface area (Å²) in [6.07, 6.45) is 2.88. The first-order valence-corrected chi connectivity index (χ1v) is 11.1. The van der Waals surface area contributed by atoms with E-state index in [9.17, 15) is 9.18 Å². The van der Waals surface area contributed by atoms with Gasteiger partial charge in [0.15, 0.2) is 5.65 Å². The zero-order valence-electron chi connectivity index (χ0n) is 18.5. The number of hydrogen-bond donors (Lipinski definition) is 2. The molecule has 2 aromatic heterocycles. The molecule has 0 saturated heterocycles. The van der Waals surface area contributed by atoms with Crippen LogP contribution in [0.15, 0.2) is 48.8 Å². The van der Waals surface area contributed by atoms with Crippen molar-refractivity contribution < 1.29 is 23.0 Å². The quantitative estimate of drug-likeness (QED) is 0.422. The molecule has 1 aliphatic carbocycles. The van der Waals surface area contributed by atoms with Gasteiger partial charge in [-0.05, 0) is 49.9 Å². The minimum absolute atomic E-state index is 0.0491. The summed E-state index contributed by atoms with van der Waals surface area (Å²) in [4.78, 5) is 19.5. The van der Waals surface area contributed by atoms with Crippen molar-refractivity contribution in [1.82, 2.24) is 19.7 Å². The number of aromatic nitrogens is 4. The lowest BCUT2D eigenvalue weighted by Crippen LogP contribution is -2.28. The first-order chi connectivity index (χ1) is 16.9. The highest BCUT2D eigenvalue weighted by atomic mass is 19.1. The van der Waals surface area contributed by atoms with E-state index in [0.29, 0.717) is 42.4 Å². The SMILES string of the molecule is NC(=O)O[C@H]1CC[C@H](n2nc(-c3ccc(Oc4cccc(F)c4)cc3F)c3c(N)ncnc32)CC1. The molecule has 2 aromatic carbocycles. The van der Waals surface area contributed by atoms with Crippen LogP contribution in [-0.4, -0.2) is 31.9 Å². The van der Waals surface area contributed by atoms with Gasteiger partial charge in [-0.3, -0.25) is 0 Å². The van der Waals surface area contributed by atoms with Crippen molar-refractivity contribution in [2.45, 2.75) is 37.8 Å². The van der Waals surface area contributed by atoms with E-state index < -0.39 is 17.7 Å². The van der Waals surface area contributed by atoms with Gasteiger partial charge < -0.3 is 20.9 Å². The largest absolute Gasteiger partial charge is 0.457 e. The van der Waals surface area contributed by atoms with Gasteiger partial charge in [0.2, 0.25) is 0 Å². The molecule has 180 valence electrons. The monoisotopic (exact) mass is 480 g/mol. The second kappa shape index (κ2) is 9.16. The number of halogens is 2. The number of amides is 1. The number of fused-ring (bicyclic) bond motifs is 1. The van der Waals surface area contributed by atoms with Crippen LogP contribution in [0.5, 0.6) is 11.5 Å². The number of nitrogens with two attached hydrogens (primary N) is 2.